The largest absolute Gasteiger partial charge is 0.508 e. The Morgan fingerprint density at radius 1 is 1.26 bits per heavy atom. The van der Waals surface area contributed by atoms with Crippen LogP contribution in [0.2, 0.25) is 0 Å². The highest BCUT2D eigenvalue weighted by Gasteiger charge is 2.27. The molecular formula is C17H25N3O3. The molecule has 1 aliphatic rings. The number of benzene rings is 1. The Morgan fingerprint density at radius 3 is 2.43 bits per heavy atom. The number of amides is 3. The smallest absolute Gasteiger partial charge is 0.321 e. The van der Waals surface area contributed by atoms with Gasteiger partial charge in [-0.25, -0.2) is 4.79 Å². The number of phenols is 1. The number of hydrogen-bond donors (Lipinski definition) is 3. The molecule has 0 saturated carbocycles. The van der Waals surface area contributed by atoms with Crippen molar-refractivity contribution in [1.29, 1.82) is 0 Å². The Bertz CT molecular complexity index is 537. The molecule has 0 radical (unpaired) electrons. The van der Waals surface area contributed by atoms with E-state index in [1.54, 1.807) is 12.1 Å². The Morgan fingerprint density at radius 2 is 1.87 bits per heavy atom. The Labute approximate surface area is 136 Å². The van der Waals surface area contributed by atoms with E-state index >= 15 is 0 Å². The van der Waals surface area contributed by atoms with Crippen molar-refractivity contribution in [3.63, 3.8) is 0 Å². The van der Waals surface area contributed by atoms with E-state index in [4.69, 9.17) is 0 Å². The second-order valence-electron chi connectivity index (χ2n) is 5.93. The molecule has 1 saturated heterocycles. The third-order valence-corrected chi connectivity index (χ3v) is 4.40. The molecule has 1 atom stereocenters. The van der Waals surface area contributed by atoms with E-state index < -0.39 is 6.03 Å². The highest BCUT2D eigenvalue weighted by atomic mass is 16.3. The highest BCUT2D eigenvalue weighted by Crippen LogP contribution is 2.29. The van der Waals surface area contributed by atoms with Crippen molar-refractivity contribution < 1.29 is 14.7 Å². The summed E-state index contributed by atoms with van der Waals surface area (Å²) < 4.78 is 0. The van der Waals surface area contributed by atoms with Crippen LogP contribution in [0.4, 0.5) is 4.79 Å². The molecule has 2 rings (SSSR count). The first kappa shape index (κ1) is 17.3. The van der Waals surface area contributed by atoms with Crippen LogP contribution < -0.4 is 10.6 Å². The Kier molecular flexibility index (Phi) is 5.98. The summed E-state index contributed by atoms with van der Waals surface area (Å²) in [4.78, 5) is 25.6. The van der Waals surface area contributed by atoms with E-state index in [1.165, 1.54) is 5.56 Å². The van der Waals surface area contributed by atoms with Gasteiger partial charge in [-0.2, -0.15) is 0 Å². The predicted octanol–water partition coefficient (Wildman–Crippen LogP) is 1.81. The lowest BCUT2D eigenvalue weighted by atomic mass is 9.89. The number of piperidine rings is 1. The van der Waals surface area contributed by atoms with Crippen LogP contribution in [0.25, 0.3) is 0 Å². The maximum absolute atomic E-state index is 12.1. The Balaban J connectivity index is 1.84. The number of aromatic hydroxyl groups is 1. The van der Waals surface area contributed by atoms with Crippen LogP contribution in [0.15, 0.2) is 24.3 Å². The molecule has 3 amide bonds. The van der Waals surface area contributed by atoms with Crippen molar-refractivity contribution in [3.8, 4) is 5.75 Å². The molecule has 6 nitrogen and oxygen atoms in total. The minimum Gasteiger partial charge on any atom is -0.508 e. The second-order valence-corrected chi connectivity index (χ2v) is 5.93. The fourth-order valence-electron chi connectivity index (χ4n) is 2.95. The third kappa shape index (κ3) is 4.69. The van der Waals surface area contributed by atoms with Gasteiger partial charge in [0, 0.05) is 6.54 Å². The average molecular weight is 319 g/mol. The first-order valence-corrected chi connectivity index (χ1v) is 8.13. The summed E-state index contributed by atoms with van der Waals surface area (Å²) in [5.74, 6) is 0.464. The lowest BCUT2D eigenvalue weighted by Crippen LogP contribution is -2.51. The van der Waals surface area contributed by atoms with E-state index in [2.05, 4.69) is 15.5 Å². The minimum atomic E-state index is -0.441. The first-order valence-electron chi connectivity index (χ1n) is 8.13. The number of nitrogens with one attached hydrogen (secondary N) is 2. The Hall–Kier alpha value is -2.08. The van der Waals surface area contributed by atoms with Crippen LogP contribution in [0, 0.1) is 0 Å². The fraction of sp³-hybridized carbons (Fsp3) is 0.529. The van der Waals surface area contributed by atoms with Gasteiger partial charge in [0.05, 0.1) is 6.04 Å². The topological polar surface area (TPSA) is 81.7 Å². The zero-order valence-electron chi connectivity index (χ0n) is 13.7. The van der Waals surface area contributed by atoms with Gasteiger partial charge in [0.1, 0.15) is 5.75 Å². The van der Waals surface area contributed by atoms with Gasteiger partial charge < -0.3 is 10.4 Å². The summed E-state index contributed by atoms with van der Waals surface area (Å²) in [5.41, 5.74) is 1.22. The van der Waals surface area contributed by atoms with E-state index in [1.807, 2.05) is 26.0 Å². The van der Waals surface area contributed by atoms with Crippen LogP contribution in [0.1, 0.15) is 38.2 Å². The number of imide groups is 1. The summed E-state index contributed by atoms with van der Waals surface area (Å²) in [5, 5.41) is 14.3. The van der Waals surface area contributed by atoms with Crippen LogP contribution in [0.5, 0.6) is 5.75 Å². The summed E-state index contributed by atoms with van der Waals surface area (Å²) in [6.45, 7) is 5.76. The molecule has 1 aliphatic heterocycles. The minimum absolute atomic E-state index is 0.265. The molecule has 126 valence electrons. The lowest BCUT2D eigenvalue weighted by molar-refractivity contribution is -0.125. The van der Waals surface area contributed by atoms with Crippen LogP contribution in [-0.4, -0.2) is 47.6 Å². The maximum Gasteiger partial charge on any atom is 0.321 e. The van der Waals surface area contributed by atoms with Crippen molar-refractivity contribution in [1.82, 2.24) is 15.5 Å². The monoisotopic (exact) mass is 319 g/mol. The summed E-state index contributed by atoms with van der Waals surface area (Å²) >= 11 is 0. The van der Waals surface area contributed by atoms with E-state index in [0.717, 1.165) is 25.9 Å². The van der Waals surface area contributed by atoms with Crippen LogP contribution in [0.3, 0.4) is 0 Å². The number of phenolic OH excluding ortho intramolecular Hbond substituents is 1. The molecule has 0 bridgehead atoms. The fourth-order valence-corrected chi connectivity index (χ4v) is 2.95. The molecule has 1 aromatic carbocycles. The SMILES string of the molecule is CCNC(=O)NC(=O)C(C)N1CCC(c2ccc(O)cc2)CC1. The average Bonchev–Trinajstić information content (AvgIpc) is 2.55. The zero-order chi connectivity index (χ0) is 16.8. The number of carbonyl (C=O) groups is 2. The third-order valence-electron chi connectivity index (χ3n) is 4.40. The van der Waals surface area contributed by atoms with Gasteiger partial charge in [-0.3, -0.25) is 15.0 Å². The van der Waals surface area contributed by atoms with E-state index in [0.29, 0.717) is 12.5 Å². The molecule has 1 heterocycles. The normalized spacial score (nSPS) is 17.5. The van der Waals surface area contributed by atoms with Crippen molar-refractivity contribution in [2.75, 3.05) is 19.6 Å². The number of likely N-dealkylation sites (tertiary alicyclic amines) is 1. The molecule has 0 aromatic heterocycles. The van der Waals surface area contributed by atoms with Crippen molar-refractivity contribution >= 4 is 11.9 Å². The van der Waals surface area contributed by atoms with Gasteiger partial charge in [0.25, 0.3) is 0 Å². The number of urea groups is 1. The predicted molar refractivity (Wildman–Crippen MR) is 88.3 cm³/mol. The lowest BCUT2D eigenvalue weighted by Gasteiger charge is -2.35. The molecule has 0 aliphatic carbocycles. The van der Waals surface area contributed by atoms with Crippen molar-refractivity contribution in [2.45, 2.75) is 38.6 Å². The van der Waals surface area contributed by atoms with Crippen LogP contribution >= 0.6 is 0 Å². The molecule has 3 N–H and O–H groups in total. The number of carbonyl (C=O) groups excluding carboxylic acids is 2. The van der Waals surface area contributed by atoms with E-state index in [9.17, 15) is 14.7 Å². The molecule has 1 aromatic rings. The van der Waals surface area contributed by atoms with Gasteiger partial charge >= 0.3 is 6.03 Å². The van der Waals surface area contributed by atoms with Crippen molar-refractivity contribution in [2.24, 2.45) is 0 Å². The standard InChI is InChI=1S/C17H25N3O3/c1-3-18-17(23)19-16(22)12(2)20-10-8-14(9-11-20)13-4-6-15(21)7-5-13/h4-7,12,14,21H,3,8-11H2,1-2H3,(H2,18,19,22,23). The molecule has 0 spiro atoms. The zero-order valence-corrected chi connectivity index (χ0v) is 13.7. The highest BCUT2D eigenvalue weighted by molar-refractivity contribution is 5.96. The van der Waals surface area contributed by atoms with Crippen LogP contribution in [-0.2, 0) is 4.79 Å². The maximum atomic E-state index is 12.1. The van der Waals surface area contributed by atoms with Crippen molar-refractivity contribution in [3.05, 3.63) is 29.8 Å². The molecule has 1 unspecified atom stereocenters. The van der Waals surface area contributed by atoms with Gasteiger partial charge in [-0.15, -0.1) is 0 Å². The number of nitrogens with zero attached hydrogens (tertiary/aromatic N) is 1. The van der Waals surface area contributed by atoms with Gasteiger partial charge in [0.15, 0.2) is 0 Å². The van der Waals surface area contributed by atoms with Gasteiger partial charge in [0.2, 0.25) is 5.91 Å². The number of hydrogen-bond acceptors (Lipinski definition) is 4. The molecule has 1 fully saturated rings. The molecular weight excluding hydrogens is 294 g/mol. The quantitative estimate of drug-likeness (QED) is 0.790. The van der Waals surface area contributed by atoms with Gasteiger partial charge in [-0.1, -0.05) is 12.1 Å². The molecule has 6 heteroatoms. The molecule has 23 heavy (non-hydrogen) atoms. The second kappa shape index (κ2) is 7.97. The first-order chi connectivity index (χ1) is 11.0. The summed E-state index contributed by atoms with van der Waals surface area (Å²) in [6, 6.07) is 6.58. The van der Waals surface area contributed by atoms with E-state index in [-0.39, 0.29) is 17.7 Å². The summed E-state index contributed by atoms with van der Waals surface area (Å²) in [6.07, 6.45) is 1.92. The van der Waals surface area contributed by atoms with Gasteiger partial charge in [-0.05, 0) is 63.4 Å². The summed E-state index contributed by atoms with van der Waals surface area (Å²) in [7, 11) is 0. The number of rotatable bonds is 4.